The number of aryl methyl sites for hydroxylation is 2. The van der Waals surface area contributed by atoms with Gasteiger partial charge in [-0.05, 0) is 117 Å². The molecule has 0 bridgehead atoms. The summed E-state index contributed by atoms with van der Waals surface area (Å²) in [5, 5.41) is 18.3. The van der Waals surface area contributed by atoms with Crippen molar-refractivity contribution in [2.24, 2.45) is 0 Å². The Morgan fingerprint density at radius 2 is 1.02 bits per heavy atom. The first-order valence-corrected chi connectivity index (χ1v) is 18.9. The van der Waals surface area contributed by atoms with Gasteiger partial charge in [-0.15, -0.1) is 0 Å². The molecule has 2 saturated heterocycles. The Balaban J connectivity index is 0.855. The number of ketones is 2. The molecule has 0 radical (unpaired) electrons. The van der Waals surface area contributed by atoms with E-state index < -0.39 is 0 Å². The van der Waals surface area contributed by atoms with Gasteiger partial charge in [0, 0.05) is 75.1 Å². The quantitative estimate of drug-likeness (QED) is 0.137. The second-order valence-corrected chi connectivity index (χ2v) is 14.6. The molecule has 2 aromatic heterocycles. The summed E-state index contributed by atoms with van der Waals surface area (Å²) >= 11 is 0. The topological polar surface area (TPSA) is 92.2 Å². The van der Waals surface area contributed by atoms with Crippen LogP contribution in [0.15, 0.2) is 72.8 Å². The van der Waals surface area contributed by atoms with Crippen LogP contribution in [0.1, 0.15) is 110 Å². The van der Waals surface area contributed by atoms with Crippen molar-refractivity contribution in [3.8, 4) is 0 Å². The Morgan fingerprint density at radius 1 is 0.560 bits per heavy atom. The van der Waals surface area contributed by atoms with Crippen LogP contribution in [-0.2, 0) is 35.3 Å². The van der Waals surface area contributed by atoms with Crippen molar-refractivity contribution in [2.75, 3.05) is 36.0 Å². The van der Waals surface area contributed by atoms with Gasteiger partial charge in [-0.3, -0.25) is 9.59 Å². The molecule has 3 aliphatic rings. The molecule has 0 spiro atoms. The number of nitrogens with zero attached hydrogens (tertiary/aromatic N) is 6. The number of Topliss-reactive ketones (excluding diaryl/α,β-unsaturated/α-hetero) is 2. The third kappa shape index (κ3) is 9.01. The number of aromatic nitrogens is 4. The van der Waals surface area contributed by atoms with Crippen molar-refractivity contribution in [2.45, 2.75) is 102 Å². The van der Waals surface area contributed by atoms with Crippen LogP contribution in [0.25, 0.3) is 0 Å². The lowest BCUT2D eigenvalue weighted by atomic mass is 9.78. The SMILES string of the molecule is O=C(CCc1ccc(C2CCCC(c3ccc(CCC(=O)Cc4cccc(N5CCCC5)c4)nn3)C2)nn1)Cc1cccc(N2CCCC2)c1. The maximum absolute atomic E-state index is 12.8. The molecule has 0 N–H and O–H groups in total. The monoisotopic (exact) mass is 670 g/mol. The van der Waals surface area contributed by atoms with Crippen molar-refractivity contribution in [1.29, 1.82) is 0 Å². The van der Waals surface area contributed by atoms with E-state index in [1.165, 1.54) is 37.1 Å². The molecule has 2 atom stereocenters. The number of hydrogen-bond acceptors (Lipinski definition) is 8. The predicted molar refractivity (Wildman–Crippen MR) is 198 cm³/mol. The fourth-order valence-electron chi connectivity index (χ4n) is 8.01. The molecule has 1 saturated carbocycles. The second-order valence-electron chi connectivity index (χ2n) is 14.6. The first-order valence-electron chi connectivity index (χ1n) is 18.9. The number of anilines is 2. The van der Waals surface area contributed by atoms with Gasteiger partial charge < -0.3 is 9.80 Å². The molecule has 8 nitrogen and oxygen atoms in total. The largest absolute Gasteiger partial charge is 0.372 e. The minimum absolute atomic E-state index is 0.238. The second kappa shape index (κ2) is 16.5. The smallest absolute Gasteiger partial charge is 0.137 e. The summed E-state index contributed by atoms with van der Waals surface area (Å²) in [7, 11) is 0. The fraction of sp³-hybridized carbons (Fsp3) is 0.476. The Bertz CT molecular complexity index is 1600. The average Bonchev–Trinajstić information content (AvgIpc) is 3.90. The Morgan fingerprint density at radius 3 is 1.44 bits per heavy atom. The number of hydrogen-bond donors (Lipinski definition) is 0. The molecule has 2 aliphatic heterocycles. The molecular weight excluding hydrogens is 621 g/mol. The van der Waals surface area contributed by atoms with E-state index in [1.54, 1.807) is 0 Å². The third-order valence-electron chi connectivity index (χ3n) is 10.9. The predicted octanol–water partition coefficient (Wildman–Crippen LogP) is 7.40. The lowest BCUT2D eigenvalue weighted by molar-refractivity contribution is -0.119. The fourth-order valence-corrected chi connectivity index (χ4v) is 8.01. The van der Waals surface area contributed by atoms with Crippen LogP contribution in [0.3, 0.4) is 0 Å². The molecule has 2 aromatic carbocycles. The average molecular weight is 671 g/mol. The highest BCUT2D eigenvalue weighted by molar-refractivity contribution is 5.82. The molecule has 1 aliphatic carbocycles. The van der Waals surface area contributed by atoms with Gasteiger partial charge in [0.15, 0.2) is 0 Å². The van der Waals surface area contributed by atoms with Crippen LogP contribution in [0, 0.1) is 0 Å². The molecule has 260 valence electrons. The molecule has 50 heavy (non-hydrogen) atoms. The minimum atomic E-state index is 0.238. The first kappa shape index (κ1) is 34.0. The van der Waals surface area contributed by atoms with Crippen molar-refractivity contribution in [1.82, 2.24) is 20.4 Å². The highest BCUT2D eigenvalue weighted by atomic mass is 16.1. The zero-order valence-corrected chi connectivity index (χ0v) is 29.3. The highest BCUT2D eigenvalue weighted by Gasteiger charge is 2.27. The molecule has 8 heteroatoms. The van der Waals surface area contributed by atoms with E-state index in [9.17, 15) is 9.59 Å². The first-order chi connectivity index (χ1) is 24.6. The van der Waals surface area contributed by atoms with E-state index in [1.807, 2.05) is 12.1 Å². The van der Waals surface area contributed by atoms with Crippen molar-refractivity contribution >= 4 is 22.9 Å². The maximum atomic E-state index is 12.8. The van der Waals surface area contributed by atoms with Crippen LogP contribution in [0.5, 0.6) is 0 Å². The Kier molecular flexibility index (Phi) is 11.2. The van der Waals surface area contributed by atoms with Gasteiger partial charge in [0.1, 0.15) is 11.6 Å². The molecular formula is C42H50N6O2. The molecule has 7 rings (SSSR count). The normalized spacial score (nSPS) is 19.2. The zero-order chi connectivity index (χ0) is 34.1. The van der Waals surface area contributed by atoms with Gasteiger partial charge in [-0.2, -0.15) is 20.4 Å². The van der Waals surface area contributed by atoms with E-state index in [2.05, 4.69) is 90.9 Å². The highest BCUT2D eigenvalue weighted by Crippen LogP contribution is 2.40. The van der Waals surface area contributed by atoms with Gasteiger partial charge in [-0.25, -0.2) is 0 Å². The van der Waals surface area contributed by atoms with Gasteiger partial charge >= 0.3 is 0 Å². The Labute approximate surface area is 296 Å². The van der Waals surface area contributed by atoms with E-state index >= 15 is 0 Å². The van der Waals surface area contributed by atoms with Crippen LogP contribution in [0.2, 0.25) is 0 Å². The summed E-state index contributed by atoms with van der Waals surface area (Å²) < 4.78 is 0. The number of carbonyl (C=O) groups is 2. The minimum Gasteiger partial charge on any atom is -0.372 e. The summed E-state index contributed by atoms with van der Waals surface area (Å²) in [6, 6.07) is 25.2. The maximum Gasteiger partial charge on any atom is 0.137 e. The number of carbonyl (C=O) groups excluding carboxylic acids is 2. The van der Waals surface area contributed by atoms with Gasteiger partial charge in [0.05, 0.1) is 22.8 Å². The molecule has 2 unspecified atom stereocenters. The van der Waals surface area contributed by atoms with Crippen LogP contribution >= 0.6 is 0 Å². The van der Waals surface area contributed by atoms with E-state index in [-0.39, 0.29) is 11.6 Å². The number of benzene rings is 2. The van der Waals surface area contributed by atoms with Crippen molar-refractivity contribution < 1.29 is 9.59 Å². The molecule has 4 aromatic rings. The summed E-state index contributed by atoms with van der Waals surface area (Å²) in [5.41, 5.74) is 8.44. The van der Waals surface area contributed by atoms with Crippen molar-refractivity contribution in [3.05, 3.63) is 107 Å². The Hall–Kier alpha value is -4.46. The van der Waals surface area contributed by atoms with Gasteiger partial charge in [-0.1, -0.05) is 30.7 Å². The van der Waals surface area contributed by atoms with Crippen molar-refractivity contribution in [3.63, 3.8) is 0 Å². The standard InChI is InChI=1S/C42H50N6O2/c49-39(28-31-8-5-12-37(26-31)47-22-1-2-23-47)18-14-35-16-20-41(45-43-35)33-10-7-11-34(30-33)42-21-17-36(44-46-42)15-19-40(50)29-32-9-6-13-38(27-32)48-24-3-4-25-48/h5-6,8-9,12-13,16-17,20-21,26-27,33-34H,1-4,7,10-11,14-15,18-19,22-25,28-30H2. The van der Waals surface area contributed by atoms with E-state index in [4.69, 9.17) is 0 Å². The van der Waals surface area contributed by atoms with E-state index in [0.29, 0.717) is 50.4 Å². The van der Waals surface area contributed by atoms with Crippen LogP contribution in [-0.4, -0.2) is 58.1 Å². The van der Waals surface area contributed by atoms with Gasteiger partial charge in [0.2, 0.25) is 0 Å². The lowest BCUT2D eigenvalue weighted by Crippen LogP contribution is -2.17. The summed E-state index contributed by atoms with van der Waals surface area (Å²) in [6.45, 7) is 4.42. The zero-order valence-electron chi connectivity index (χ0n) is 29.3. The van der Waals surface area contributed by atoms with Crippen LogP contribution in [0.4, 0.5) is 11.4 Å². The lowest BCUT2D eigenvalue weighted by Gasteiger charge is -2.28. The van der Waals surface area contributed by atoms with Crippen LogP contribution < -0.4 is 9.80 Å². The third-order valence-corrected chi connectivity index (χ3v) is 10.9. The summed E-state index contributed by atoms with van der Waals surface area (Å²) in [6.07, 6.45) is 12.4. The molecule has 3 fully saturated rings. The van der Waals surface area contributed by atoms with Gasteiger partial charge in [0.25, 0.3) is 0 Å². The molecule has 0 amide bonds. The van der Waals surface area contributed by atoms with E-state index in [0.717, 1.165) is 85.8 Å². The summed E-state index contributed by atoms with van der Waals surface area (Å²) in [5.74, 6) is 1.15. The molecule has 4 heterocycles. The summed E-state index contributed by atoms with van der Waals surface area (Å²) in [4.78, 5) is 30.5. The number of rotatable bonds is 14.